The lowest BCUT2D eigenvalue weighted by Crippen LogP contribution is -2.44. The molecule has 0 aromatic heterocycles. The topological polar surface area (TPSA) is 32.3 Å². The Hall–Kier alpha value is -0.220. The van der Waals surface area contributed by atoms with E-state index in [0.29, 0.717) is 11.9 Å². The SMILES string of the molecule is CCSC1CCC(N2C(=O)C(C)(CC)NC2C)C1. The molecule has 0 radical (unpaired) electrons. The first-order chi connectivity index (χ1) is 8.51. The average molecular weight is 270 g/mol. The zero-order chi connectivity index (χ0) is 13.3. The predicted molar refractivity (Wildman–Crippen MR) is 77.7 cm³/mol. The van der Waals surface area contributed by atoms with Gasteiger partial charge in [0.1, 0.15) is 0 Å². The maximum absolute atomic E-state index is 12.6. The summed E-state index contributed by atoms with van der Waals surface area (Å²) in [5.74, 6) is 1.50. The summed E-state index contributed by atoms with van der Waals surface area (Å²) in [5.41, 5.74) is -0.338. The lowest BCUT2D eigenvalue weighted by Gasteiger charge is -2.28. The van der Waals surface area contributed by atoms with Crippen molar-refractivity contribution in [2.75, 3.05) is 5.75 Å². The molecule has 18 heavy (non-hydrogen) atoms. The van der Waals surface area contributed by atoms with Crippen LogP contribution in [-0.4, -0.2) is 39.6 Å². The first-order valence-corrected chi connectivity index (χ1v) is 8.28. The first kappa shape index (κ1) is 14.2. The molecule has 1 amide bonds. The van der Waals surface area contributed by atoms with Crippen molar-refractivity contribution in [1.82, 2.24) is 10.2 Å². The molecule has 1 saturated carbocycles. The van der Waals surface area contributed by atoms with E-state index in [1.54, 1.807) is 0 Å². The summed E-state index contributed by atoms with van der Waals surface area (Å²) < 4.78 is 0. The molecule has 1 heterocycles. The van der Waals surface area contributed by atoms with Gasteiger partial charge >= 0.3 is 0 Å². The van der Waals surface area contributed by atoms with Crippen LogP contribution in [-0.2, 0) is 4.79 Å². The highest BCUT2D eigenvalue weighted by atomic mass is 32.2. The van der Waals surface area contributed by atoms with Gasteiger partial charge in [0.2, 0.25) is 5.91 Å². The van der Waals surface area contributed by atoms with Crippen molar-refractivity contribution >= 4 is 17.7 Å². The van der Waals surface area contributed by atoms with E-state index in [0.717, 1.165) is 11.7 Å². The van der Waals surface area contributed by atoms with Crippen LogP contribution in [0.3, 0.4) is 0 Å². The van der Waals surface area contributed by atoms with Crippen LogP contribution in [0.25, 0.3) is 0 Å². The summed E-state index contributed by atoms with van der Waals surface area (Å²) in [6, 6.07) is 0.456. The molecule has 4 heteroatoms. The third-order valence-corrected chi connectivity index (χ3v) is 5.74. The summed E-state index contributed by atoms with van der Waals surface area (Å²) in [5, 5.41) is 4.23. The van der Waals surface area contributed by atoms with E-state index in [9.17, 15) is 4.79 Å². The lowest BCUT2D eigenvalue weighted by molar-refractivity contribution is -0.134. The molecule has 0 aromatic carbocycles. The van der Waals surface area contributed by atoms with Crippen molar-refractivity contribution < 1.29 is 4.79 Å². The van der Waals surface area contributed by atoms with Crippen molar-refractivity contribution in [3.8, 4) is 0 Å². The minimum Gasteiger partial charge on any atom is -0.323 e. The van der Waals surface area contributed by atoms with Crippen molar-refractivity contribution in [1.29, 1.82) is 0 Å². The second kappa shape index (κ2) is 5.41. The lowest BCUT2D eigenvalue weighted by atomic mass is 9.99. The van der Waals surface area contributed by atoms with Gasteiger partial charge in [0, 0.05) is 11.3 Å². The second-order valence-corrected chi connectivity index (χ2v) is 7.34. The van der Waals surface area contributed by atoms with Crippen LogP contribution in [0.1, 0.15) is 53.4 Å². The molecule has 3 nitrogen and oxygen atoms in total. The summed E-state index contributed by atoms with van der Waals surface area (Å²) in [7, 11) is 0. The normalized spacial score (nSPS) is 40.8. The molecule has 4 atom stereocenters. The number of hydrogen-bond acceptors (Lipinski definition) is 3. The molecule has 4 unspecified atom stereocenters. The Labute approximate surface area is 115 Å². The third kappa shape index (κ3) is 2.42. The molecule has 104 valence electrons. The predicted octanol–water partition coefficient (Wildman–Crippen LogP) is 2.61. The Morgan fingerprint density at radius 2 is 2.17 bits per heavy atom. The van der Waals surface area contributed by atoms with E-state index in [1.807, 2.05) is 6.92 Å². The number of nitrogens with one attached hydrogen (secondary N) is 1. The molecule has 1 N–H and O–H groups in total. The van der Waals surface area contributed by atoms with Gasteiger partial charge in [-0.15, -0.1) is 0 Å². The molecule has 0 spiro atoms. The zero-order valence-electron chi connectivity index (χ0n) is 12.0. The highest BCUT2D eigenvalue weighted by Crippen LogP contribution is 2.36. The number of amides is 1. The van der Waals surface area contributed by atoms with Gasteiger partial charge in [0.15, 0.2) is 0 Å². The van der Waals surface area contributed by atoms with Crippen LogP contribution in [0.2, 0.25) is 0 Å². The van der Waals surface area contributed by atoms with Crippen molar-refractivity contribution in [2.45, 2.75) is 76.4 Å². The molecule has 1 aliphatic heterocycles. The molecule has 2 fully saturated rings. The quantitative estimate of drug-likeness (QED) is 0.852. The number of hydrogen-bond donors (Lipinski definition) is 1. The van der Waals surface area contributed by atoms with Crippen LogP contribution in [0.4, 0.5) is 0 Å². The molecule has 1 aliphatic carbocycles. The van der Waals surface area contributed by atoms with Crippen molar-refractivity contribution in [3.63, 3.8) is 0 Å². The molecule has 1 saturated heterocycles. The highest BCUT2D eigenvalue weighted by molar-refractivity contribution is 7.99. The van der Waals surface area contributed by atoms with E-state index >= 15 is 0 Å². The van der Waals surface area contributed by atoms with Gasteiger partial charge in [-0.1, -0.05) is 13.8 Å². The summed E-state index contributed by atoms with van der Waals surface area (Å²) in [6.07, 6.45) is 4.68. The van der Waals surface area contributed by atoms with Gasteiger partial charge in [0.25, 0.3) is 0 Å². The van der Waals surface area contributed by atoms with Crippen LogP contribution in [0, 0.1) is 0 Å². The van der Waals surface area contributed by atoms with Crippen molar-refractivity contribution in [2.24, 2.45) is 0 Å². The molecule has 0 bridgehead atoms. The average Bonchev–Trinajstić information content (AvgIpc) is 2.85. The molecule has 0 aromatic rings. The minimum atomic E-state index is -0.338. The van der Waals surface area contributed by atoms with E-state index < -0.39 is 0 Å². The van der Waals surface area contributed by atoms with Crippen LogP contribution >= 0.6 is 11.8 Å². The number of carbonyl (C=O) groups is 1. The van der Waals surface area contributed by atoms with Gasteiger partial charge in [0.05, 0.1) is 11.7 Å². The van der Waals surface area contributed by atoms with E-state index in [2.05, 4.69) is 42.7 Å². The number of carbonyl (C=O) groups excluding carboxylic acids is 1. The van der Waals surface area contributed by atoms with Gasteiger partial charge < -0.3 is 4.90 Å². The van der Waals surface area contributed by atoms with E-state index in [1.165, 1.54) is 25.0 Å². The third-order valence-electron chi connectivity index (χ3n) is 4.51. The molecular weight excluding hydrogens is 244 g/mol. The Morgan fingerprint density at radius 1 is 1.44 bits per heavy atom. The molecule has 2 rings (SSSR count). The Kier molecular flexibility index (Phi) is 4.27. The maximum atomic E-state index is 12.6. The fraction of sp³-hybridized carbons (Fsp3) is 0.929. The Morgan fingerprint density at radius 3 is 2.72 bits per heavy atom. The standard InChI is InChI=1S/C14H26N2OS/c1-5-14(4)13(17)16(10(3)15-14)11-7-8-12(9-11)18-6-2/h10-12,15H,5-9H2,1-4H3. The fourth-order valence-electron chi connectivity index (χ4n) is 3.35. The summed E-state index contributed by atoms with van der Waals surface area (Å²) >= 11 is 2.05. The van der Waals surface area contributed by atoms with Crippen LogP contribution in [0.15, 0.2) is 0 Å². The number of nitrogens with zero attached hydrogens (tertiary/aromatic N) is 1. The largest absolute Gasteiger partial charge is 0.323 e. The van der Waals surface area contributed by atoms with Gasteiger partial charge in [-0.3, -0.25) is 10.1 Å². The summed E-state index contributed by atoms with van der Waals surface area (Å²) in [6.45, 7) is 8.47. The van der Waals surface area contributed by atoms with Gasteiger partial charge in [-0.05, 0) is 45.3 Å². The molecule has 2 aliphatic rings. The Bertz CT molecular complexity index is 323. The van der Waals surface area contributed by atoms with Crippen LogP contribution < -0.4 is 5.32 Å². The van der Waals surface area contributed by atoms with Gasteiger partial charge in [-0.25, -0.2) is 0 Å². The van der Waals surface area contributed by atoms with Crippen LogP contribution in [0.5, 0.6) is 0 Å². The zero-order valence-corrected chi connectivity index (χ0v) is 12.8. The second-order valence-electron chi connectivity index (χ2n) is 5.76. The fourth-order valence-corrected chi connectivity index (χ4v) is 4.48. The Balaban J connectivity index is 2.04. The summed E-state index contributed by atoms with van der Waals surface area (Å²) in [4.78, 5) is 14.7. The minimum absolute atomic E-state index is 0.192. The molecular formula is C14H26N2OS. The van der Waals surface area contributed by atoms with E-state index in [-0.39, 0.29) is 11.7 Å². The number of thioether (sulfide) groups is 1. The maximum Gasteiger partial charge on any atom is 0.244 e. The van der Waals surface area contributed by atoms with E-state index in [4.69, 9.17) is 0 Å². The monoisotopic (exact) mass is 270 g/mol. The van der Waals surface area contributed by atoms with Gasteiger partial charge in [-0.2, -0.15) is 11.8 Å². The number of rotatable bonds is 4. The van der Waals surface area contributed by atoms with Crippen molar-refractivity contribution in [3.05, 3.63) is 0 Å². The smallest absolute Gasteiger partial charge is 0.244 e. The first-order valence-electron chi connectivity index (χ1n) is 7.24. The highest BCUT2D eigenvalue weighted by Gasteiger charge is 2.48.